The maximum atomic E-state index is 12.4. The zero-order valence-electron chi connectivity index (χ0n) is 17.4. The third-order valence-electron chi connectivity index (χ3n) is 6.36. The van der Waals surface area contributed by atoms with Gasteiger partial charge >= 0.3 is 12.1 Å². The Kier molecular flexibility index (Phi) is 7.54. The summed E-state index contributed by atoms with van der Waals surface area (Å²) in [4.78, 5) is 32.1. The smallest absolute Gasteiger partial charge is 0.410 e. The van der Waals surface area contributed by atoms with Gasteiger partial charge in [-0.2, -0.15) is 0 Å². The summed E-state index contributed by atoms with van der Waals surface area (Å²) in [5, 5.41) is 8.74. The first kappa shape index (κ1) is 21.3. The lowest BCUT2D eigenvalue weighted by Crippen LogP contribution is -2.49. The van der Waals surface area contributed by atoms with Gasteiger partial charge in [-0.25, -0.2) is 4.79 Å². The number of carbonyl (C=O) groups is 2. The van der Waals surface area contributed by atoms with E-state index in [0.717, 1.165) is 65.2 Å². The van der Waals surface area contributed by atoms with Crippen LogP contribution in [0.15, 0.2) is 0 Å². The van der Waals surface area contributed by atoms with Crippen LogP contribution in [0.4, 0.5) is 4.79 Å². The number of hydrogen-bond donors (Lipinski definition) is 1. The van der Waals surface area contributed by atoms with Crippen molar-refractivity contribution in [2.24, 2.45) is 0 Å². The summed E-state index contributed by atoms with van der Waals surface area (Å²) < 4.78 is 5.68. The molecule has 0 spiro atoms. The molecule has 0 aromatic heterocycles. The van der Waals surface area contributed by atoms with Gasteiger partial charge in [-0.3, -0.25) is 9.69 Å². The Hall–Kier alpha value is -1.38. The van der Waals surface area contributed by atoms with Gasteiger partial charge < -0.3 is 24.5 Å². The molecule has 0 saturated carbocycles. The van der Waals surface area contributed by atoms with Gasteiger partial charge in [0.1, 0.15) is 6.10 Å². The molecule has 8 heteroatoms. The van der Waals surface area contributed by atoms with Crippen LogP contribution in [-0.2, 0) is 9.53 Å². The molecule has 0 radical (unpaired) electrons. The lowest BCUT2D eigenvalue weighted by atomic mass is 10.0. The van der Waals surface area contributed by atoms with Gasteiger partial charge in [-0.15, -0.1) is 0 Å². The molecule has 0 aliphatic carbocycles. The van der Waals surface area contributed by atoms with Crippen molar-refractivity contribution in [1.82, 2.24) is 19.6 Å². The molecule has 3 heterocycles. The average molecular weight is 397 g/mol. The lowest BCUT2D eigenvalue weighted by Gasteiger charge is -2.37. The van der Waals surface area contributed by atoms with Crippen molar-refractivity contribution >= 4 is 12.1 Å². The SMILES string of the molecule is CC(C)N1CCC(N2CC(CN3CCN(CCCC(=O)O)CC3)OC2=O)CC1. The van der Waals surface area contributed by atoms with Crippen LogP contribution in [0.1, 0.15) is 39.5 Å². The quantitative estimate of drug-likeness (QED) is 0.660. The predicted molar refractivity (Wildman–Crippen MR) is 106 cm³/mol. The van der Waals surface area contributed by atoms with Gasteiger partial charge in [0, 0.05) is 64.3 Å². The van der Waals surface area contributed by atoms with Crippen LogP contribution in [0.5, 0.6) is 0 Å². The number of carboxylic acids is 1. The second kappa shape index (κ2) is 9.89. The third-order valence-corrected chi connectivity index (χ3v) is 6.36. The highest BCUT2D eigenvalue weighted by atomic mass is 16.6. The molecular formula is C20H36N4O4. The maximum Gasteiger partial charge on any atom is 0.410 e. The van der Waals surface area contributed by atoms with E-state index in [1.165, 1.54) is 0 Å². The number of aliphatic carboxylic acids is 1. The number of likely N-dealkylation sites (tertiary alicyclic amines) is 1. The first-order valence-corrected chi connectivity index (χ1v) is 10.8. The first-order valence-electron chi connectivity index (χ1n) is 10.8. The van der Waals surface area contributed by atoms with E-state index >= 15 is 0 Å². The molecule has 160 valence electrons. The largest absolute Gasteiger partial charge is 0.481 e. The van der Waals surface area contributed by atoms with Crippen molar-refractivity contribution in [1.29, 1.82) is 0 Å². The summed E-state index contributed by atoms with van der Waals surface area (Å²) in [6.07, 6.45) is 2.85. The number of cyclic esters (lactones) is 1. The second-order valence-electron chi connectivity index (χ2n) is 8.66. The first-order chi connectivity index (χ1) is 13.4. The molecule has 0 aromatic carbocycles. The minimum Gasteiger partial charge on any atom is -0.481 e. The number of piperazine rings is 1. The maximum absolute atomic E-state index is 12.4. The van der Waals surface area contributed by atoms with Crippen LogP contribution in [-0.4, -0.2) is 114 Å². The Bertz CT molecular complexity index is 528. The Labute approximate surface area is 168 Å². The number of carbonyl (C=O) groups excluding carboxylic acids is 1. The summed E-state index contributed by atoms with van der Waals surface area (Å²) >= 11 is 0. The number of nitrogens with zero attached hydrogens (tertiary/aromatic N) is 4. The molecule has 1 amide bonds. The van der Waals surface area contributed by atoms with E-state index in [1.807, 2.05) is 4.90 Å². The monoisotopic (exact) mass is 396 g/mol. The fourth-order valence-corrected chi connectivity index (χ4v) is 4.59. The number of piperidine rings is 1. The van der Waals surface area contributed by atoms with E-state index in [-0.39, 0.29) is 18.6 Å². The van der Waals surface area contributed by atoms with Gasteiger partial charge in [0.25, 0.3) is 0 Å². The molecule has 0 bridgehead atoms. The van der Waals surface area contributed by atoms with Crippen molar-refractivity contribution < 1.29 is 19.4 Å². The highest BCUT2D eigenvalue weighted by Crippen LogP contribution is 2.24. The van der Waals surface area contributed by atoms with E-state index < -0.39 is 5.97 Å². The number of rotatable bonds is 8. The summed E-state index contributed by atoms with van der Waals surface area (Å²) in [5.74, 6) is -0.721. The second-order valence-corrected chi connectivity index (χ2v) is 8.66. The Morgan fingerprint density at radius 1 is 1.11 bits per heavy atom. The average Bonchev–Trinajstić information content (AvgIpc) is 3.03. The van der Waals surface area contributed by atoms with Gasteiger partial charge in [-0.05, 0) is 39.7 Å². The molecule has 8 nitrogen and oxygen atoms in total. The third kappa shape index (κ3) is 5.81. The van der Waals surface area contributed by atoms with Crippen LogP contribution in [0, 0.1) is 0 Å². The van der Waals surface area contributed by atoms with E-state index in [2.05, 4.69) is 28.5 Å². The molecule has 3 aliphatic rings. The van der Waals surface area contributed by atoms with Crippen LogP contribution in [0.25, 0.3) is 0 Å². The van der Waals surface area contributed by atoms with E-state index in [1.54, 1.807) is 0 Å². The van der Waals surface area contributed by atoms with Crippen molar-refractivity contribution in [2.45, 2.75) is 57.7 Å². The summed E-state index contributed by atoms with van der Waals surface area (Å²) in [6, 6.07) is 0.889. The van der Waals surface area contributed by atoms with Gasteiger partial charge in [0.2, 0.25) is 0 Å². The van der Waals surface area contributed by atoms with E-state index in [4.69, 9.17) is 9.84 Å². The Morgan fingerprint density at radius 2 is 1.75 bits per heavy atom. The number of hydrogen-bond acceptors (Lipinski definition) is 6. The van der Waals surface area contributed by atoms with E-state index in [0.29, 0.717) is 25.0 Å². The van der Waals surface area contributed by atoms with E-state index in [9.17, 15) is 9.59 Å². The fraction of sp³-hybridized carbons (Fsp3) is 0.900. The standard InChI is InChI=1S/C20H36N4O4/c1-16(2)23-8-5-17(6-9-23)24-15-18(28-20(24)27)14-22-12-10-21(11-13-22)7-3-4-19(25)26/h16-18H,3-15H2,1-2H3,(H,25,26). The number of amides is 1. The minimum atomic E-state index is -0.721. The molecule has 3 fully saturated rings. The summed E-state index contributed by atoms with van der Waals surface area (Å²) in [7, 11) is 0. The fourth-order valence-electron chi connectivity index (χ4n) is 4.59. The summed E-state index contributed by atoms with van der Waals surface area (Å²) in [6.45, 7) is 12.7. The zero-order chi connectivity index (χ0) is 20.1. The predicted octanol–water partition coefficient (Wildman–Crippen LogP) is 1.16. The topological polar surface area (TPSA) is 76.6 Å². The minimum absolute atomic E-state index is 0.0332. The molecular weight excluding hydrogens is 360 g/mol. The van der Waals surface area contributed by atoms with Crippen molar-refractivity contribution in [2.75, 3.05) is 58.9 Å². The lowest BCUT2D eigenvalue weighted by molar-refractivity contribution is -0.137. The van der Waals surface area contributed by atoms with Crippen LogP contribution < -0.4 is 0 Å². The van der Waals surface area contributed by atoms with Gasteiger partial charge in [0.05, 0.1) is 6.54 Å². The number of carboxylic acid groups (broad SMARTS) is 1. The highest BCUT2D eigenvalue weighted by Gasteiger charge is 2.38. The Balaban J connectivity index is 1.36. The molecule has 1 atom stereocenters. The van der Waals surface area contributed by atoms with Crippen LogP contribution >= 0.6 is 0 Å². The van der Waals surface area contributed by atoms with Gasteiger partial charge in [-0.1, -0.05) is 0 Å². The van der Waals surface area contributed by atoms with Gasteiger partial charge in [0.15, 0.2) is 0 Å². The van der Waals surface area contributed by atoms with Crippen LogP contribution in [0.3, 0.4) is 0 Å². The summed E-state index contributed by atoms with van der Waals surface area (Å²) in [5.41, 5.74) is 0. The zero-order valence-corrected chi connectivity index (χ0v) is 17.4. The molecule has 0 aromatic rings. The molecule has 3 rings (SSSR count). The molecule has 1 unspecified atom stereocenters. The molecule has 3 saturated heterocycles. The van der Waals surface area contributed by atoms with Crippen molar-refractivity contribution in [3.8, 4) is 0 Å². The normalized spacial score (nSPS) is 26.2. The Morgan fingerprint density at radius 3 is 2.36 bits per heavy atom. The number of ether oxygens (including phenoxy) is 1. The molecule has 28 heavy (non-hydrogen) atoms. The molecule has 3 aliphatic heterocycles. The van der Waals surface area contributed by atoms with Crippen LogP contribution in [0.2, 0.25) is 0 Å². The highest BCUT2D eigenvalue weighted by molar-refractivity contribution is 5.70. The van der Waals surface area contributed by atoms with Crippen molar-refractivity contribution in [3.63, 3.8) is 0 Å². The van der Waals surface area contributed by atoms with Crippen molar-refractivity contribution in [3.05, 3.63) is 0 Å². The molecule has 1 N–H and O–H groups in total.